The Morgan fingerprint density at radius 3 is 2.68 bits per heavy atom. The summed E-state index contributed by atoms with van der Waals surface area (Å²) in [5.41, 5.74) is 0.718. The fraction of sp³-hybridized carbons (Fsp3) is 0.737. The smallest absolute Gasteiger partial charge is 0.224 e. The van der Waals surface area contributed by atoms with Crippen LogP contribution in [0.4, 0.5) is 11.8 Å². The highest BCUT2D eigenvalue weighted by atomic mass is 16.1. The molecule has 6 heteroatoms. The third-order valence-electron chi connectivity index (χ3n) is 5.88. The molecule has 0 unspecified atom stereocenters. The summed E-state index contributed by atoms with van der Waals surface area (Å²) in [5.74, 6) is 1.95. The molecule has 1 aromatic heterocycles. The fourth-order valence-corrected chi connectivity index (χ4v) is 4.12. The lowest BCUT2D eigenvalue weighted by Gasteiger charge is -2.24. The summed E-state index contributed by atoms with van der Waals surface area (Å²) in [6, 6.07) is 0.429. The quantitative estimate of drug-likeness (QED) is 0.766. The molecule has 1 aromatic rings. The molecule has 3 heterocycles. The number of piperidine rings is 1. The van der Waals surface area contributed by atoms with E-state index in [0.29, 0.717) is 24.2 Å². The van der Waals surface area contributed by atoms with Crippen molar-refractivity contribution in [1.29, 1.82) is 0 Å². The van der Waals surface area contributed by atoms with Gasteiger partial charge in [0, 0.05) is 30.8 Å². The zero-order valence-electron chi connectivity index (χ0n) is 14.9. The van der Waals surface area contributed by atoms with E-state index in [2.05, 4.69) is 20.9 Å². The van der Waals surface area contributed by atoms with Crippen LogP contribution in [0.15, 0.2) is 6.20 Å². The van der Waals surface area contributed by atoms with Crippen molar-refractivity contribution in [3.05, 3.63) is 11.8 Å². The lowest BCUT2D eigenvalue weighted by atomic mass is 9.89. The van der Waals surface area contributed by atoms with Crippen molar-refractivity contribution >= 4 is 17.5 Å². The molecule has 0 atom stereocenters. The Hall–Kier alpha value is -1.69. The predicted octanol–water partition coefficient (Wildman–Crippen LogP) is 2.62. The largest absolute Gasteiger partial charge is 0.370 e. The molecule has 4 rings (SSSR count). The SMILES string of the molecule is O=C1CCCCCCNc2nc(NC3CCNCC3)ncc2C12CC2. The normalized spacial score (nSPS) is 24.1. The summed E-state index contributed by atoms with van der Waals surface area (Å²) in [7, 11) is 0. The number of hydrogen-bond donors (Lipinski definition) is 3. The number of carbonyl (C=O) groups is 1. The van der Waals surface area contributed by atoms with Crippen LogP contribution in [0, 0.1) is 0 Å². The topological polar surface area (TPSA) is 78.9 Å². The highest BCUT2D eigenvalue weighted by Gasteiger charge is 2.52. The molecule has 0 bridgehead atoms. The standard InChI is InChI=1S/C19H29N5O/c25-16-5-3-1-2-4-10-21-17-15(19(16)8-9-19)13-22-18(24-17)23-14-6-11-20-12-7-14/h13-14,20H,1-12H2,(H2,21,22,23,24). The van der Waals surface area contributed by atoms with Crippen LogP contribution in [0.2, 0.25) is 0 Å². The first-order chi connectivity index (χ1) is 12.3. The molecular formula is C19H29N5O. The molecule has 1 saturated carbocycles. The maximum Gasteiger partial charge on any atom is 0.224 e. The zero-order valence-corrected chi connectivity index (χ0v) is 14.9. The molecule has 1 spiro atoms. The van der Waals surface area contributed by atoms with Crippen molar-refractivity contribution in [2.24, 2.45) is 0 Å². The Morgan fingerprint density at radius 2 is 1.88 bits per heavy atom. The zero-order chi connectivity index (χ0) is 17.1. The molecule has 0 radical (unpaired) electrons. The van der Waals surface area contributed by atoms with Gasteiger partial charge in [-0.25, -0.2) is 4.98 Å². The van der Waals surface area contributed by atoms with Crippen molar-refractivity contribution in [3.63, 3.8) is 0 Å². The van der Waals surface area contributed by atoms with Gasteiger partial charge in [-0.2, -0.15) is 4.98 Å². The second kappa shape index (κ2) is 7.28. The van der Waals surface area contributed by atoms with E-state index in [9.17, 15) is 4.79 Å². The van der Waals surface area contributed by atoms with E-state index in [1.54, 1.807) is 0 Å². The minimum Gasteiger partial charge on any atom is -0.370 e. The van der Waals surface area contributed by atoms with Crippen LogP contribution in [0.25, 0.3) is 0 Å². The number of nitrogens with zero attached hydrogens (tertiary/aromatic N) is 2. The Kier molecular flexibility index (Phi) is 4.88. The van der Waals surface area contributed by atoms with Gasteiger partial charge in [0.1, 0.15) is 11.6 Å². The van der Waals surface area contributed by atoms with E-state index in [4.69, 9.17) is 4.98 Å². The molecule has 0 amide bonds. The molecule has 6 nitrogen and oxygen atoms in total. The van der Waals surface area contributed by atoms with Gasteiger partial charge in [0.25, 0.3) is 0 Å². The van der Waals surface area contributed by atoms with E-state index in [0.717, 1.165) is 76.0 Å². The van der Waals surface area contributed by atoms with Gasteiger partial charge in [-0.3, -0.25) is 4.79 Å². The van der Waals surface area contributed by atoms with E-state index in [-0.39, 0.29) is 5.41 Å². The molecule has 136 valence electrons. The van der Waals surface area contributed by atoms with Gasteiger partial charge in [0.2, 0.25) is 5.95 Å². The lowest BCUT2D eigenvalue weighted by Crippen LogP contribution is -2.35. The average Bonchev–Trinajstić information content (AvgIpc) is 3.43. The van der Waals surface area contributed by atoms with Gasteiger partial charge >= 0.3 is 0 Å². The van der Waals surface area contributed by atoms with Crippen LogP contribution in [-0.2, 0) is 10.2 Å². The second-order valence-electron chi connectivity index (χ2n) is 7.72. The lowest BCUT2D eigenvalue weighted by molar-refractivity contribution is -0.121. The summed E-state index contributed by atoms with van der Waals surface area (Å²) < 4.78 is 0. The van der Waals surface area contributed by atoms with Gasteiger partial charge in [-0.1, -0.05) is 12.8 Å². The third-order valence-corrected chi connectivity index (χ3v) is 5.88. The molecule has 2 aliphatic heterocycles. The van der Waals surface area contributed by atoms with Crippen molar-refractivity contribution in [1.82, 2.24) is 15.3 Å². The van der Waals surface area contributed by atoms with Gasteiger partial charge in [0.05, 0.1) is 5.41 Å². The number of Topliss-reactive ketones (excluding diaryl/α,β-unsaturated/α-hetero) is 1. The predicted molar refractivity (Wildman–Crippen MR) is 99.0 cm³/mol. The van der Waals surface area contributed by atoms with Gasteiger partial charge in [0.15, 0.2) is 0 Å². The van der Waals surface area contributed by atoms with Crippen LogP contribution >= 0.6 is 0 Å². The van der Waals surface area contributed by atoms with Crippen LogP contribution in [-0.4, -0.2) is 41.4 Å². The Morgan fingerprint density at radius 1 is 1.08 bits per heavy atom. The Labute approximate surface area is 149 Å². The Balaban J connectivity index is 1.58. The van der Waals surface area contributed by atoms with Gasteiger partial charge in [-0.15, -0.1) is 0 Å². The van der Waals surface area contributed by atoms with Crippen molar-refractivity contribution < 1.29 is 4.79 Å². The highest BCUT2D eigenvalue weighted by molar-refractivity contribution is 5.94. The molecule has 2 fully saturated rings. The molecule has 0 aromatic carbocycles. The summed E-state index contributed by atoms with van der Waals surface area (Å²) in [5, 5.41) is 10.4. The molecular weight excluding hydrogens is 314 g/mol. The van der Waals surface area contributed by atoms with Crippen molar-refractivity contribution in [2.75, 3.05) is 30.3 Å². The van der Waals surface area contributed by atoms with E-state index >= 15 is 0 Å². The summed E-state index contributed by atoms with van der Waals surface area (Å²) in [6.07, 6.45) is 11.2. The molecule has 1 saturated heterocycles. The number of ketones is 1. The van der Waals surface area contributed by atoms with Crippen LogP contribution < -0.4 is 16.0 Å². The van der Waals surface area contributed by atoms with E-state index in [1.807, 2.05) is 6.20 Å². The number of nitrogens with one attached hydrogen (secondary N) is 3. The monoisotopic (exact) mass is 343 g/mol. The first-order valence-corrected chi connectivity index (χ1v) is 9.90. The summed E-state index contributed by atoms with van der Waals surface area (Å²) in [4.78, 5) is 22.1. The van der Waals surface area contributed by atoms with Gasteiger partial charge in [-0.05, 0) is 51.6 Å². The van der Waals surface area contributed by atoms with Crippen LogP contribution in [0.5, 0.6) is 0 Å². The second-order valence-corrected chi connectivity index (χ2v) is 7.72. The number of fused-ring (bicyclic) bond motifs is 2. The molecule has 3 N–H and O–H groups in total. The fourth-order valence-electron chi connectivity index (χ4n) is 4.12. The Bertz CT molecular complexity index is 622. The van der Waals surface area contributed by atoms with Crippen LogP contribution in [0.3, 0.4) is 0 Å². The number of carbonyl (C=O) groups excluding carboxylic acids is 1. The van der Waals surface area contributed by atoms with E-state index < -0.39 is 0 Å². The minimum absolute atomic E-state index is 0.306. The number of hydrogen-bond acceptors (Lipinski definition) is 6. The van der Waals surface area contributed by atoms with Crippen LogP contribution in [0.1, 0.15) is 63.4 Å². The first-order valence-electron chi connectivity index (χ1n) is 9.90. The highest BCUT2D eigenvalue weighted by Crippen LogP contribution is 2.52. The average molecular weight is 343 g/mol. The number of rotatable bonds is 2. The summed E-state index contributed by atoms with van der Waals surface area (Å²) in [6.45, 7) is 3.00. The summed E-state index contributed by atoms with van der Waals surface area (Å²) >= 11 is 0. The minimum atomic E-state index is -0.306. The van der Waals surface area contributed by atoms with Gasteiger partial charge < -0.3 is 16.0 Å². The third kappa shape index (κ3) is 3.64. The maximum absolute atomic E-state index is 12.8. The van der Waals surface area contributed by atoms with Crippen molar-refractivity contribution in [2.45, 2.75) is 69.2 Å². The van der Waals surface area contributed by atoms with Crippen molar-refractivity contribution in [3.8, 4) is 0 Å². The molecule has 25 heavy (non-hydrogen) atoms. The number of anilines is 2. The molecule has 3 aliphatic rings. The van der Waals surface area contributed by atoms with E-state index in [1.165, 1.54) is 6.42 Å². The number of aromatic nitrogens is 2. The maximum atomic E-state index is 12.8. The molecule has 1 aliphatic carbocycles. The first kappa shape index (κ1) is 16.8.